The largest absolute Gasteiger partial charge is 0.390 e. The lowest BCUT2D eigenvalue weighted by Crippen LogP contribution is -2.78. The third kappa shape index (κ3) is 3.90. The van der Waals surface area contributed by atoms with E-state index in [1.807, 2.05) is 0 Å². The molecule has 58 heavy (non-hydrogen) atoms. The summed E-state index contributed by atoms with van der Waals surface area (Å²) in [6, 6.07) is 61.3. The maximum absolute atomic E-state index is 14.3. The van der Waals surface area contributed by atoms with E-state index in [4.69, 9.17) is 0 Å². The Hall–Kier alpha value is -6.32. The summed E-state index contributed by atoms with van der Waals surface area (Å²) >= 11 is 0. The maximum atomic E-state index is 14.3. The normalized spacial score (nSPS) is 18.9. The Morgan fingerprint density at radius 2 is 0.500 bits per heavy atom. The fraction of sp³-hybridized carbons (Fsp3) is 0.143. The Kier molecular flexibility index (Phi) is 6.57. The van der Waals surface area contributed by atoms with Crippen LogP contribution in [0.3, 0.4) is 0 Å². The molecule has 0 radical (unpaired) electrons. The molecule has 0 heterocycles. The van der Waals surface area contributed by atoms with Crippen molar-refractivity contribution in [3.63, 3.8) is 0 Å². The van der Waals surface area contributed by atoms with Crippen molar-refractivity contribution in [2.45, 2.75) is 48.7 Å². The van der Waals surface area contributed by atoms with E-state index >= 15 is 0 Å². The first-order chi connectivity index (χ1) is 28.6. The van der Waals surface area contributed by atoms with Crippen molar-refractivity contribution in [2.75, 3.05) is 0 Å². The Balaban J connectivity index is 1.12. The van der Waals surface area contributed by atoms with Gasteiger partial charge in [0.05, 0.1) is 23.0 Å². The van der Waals surface area contributed by atoms with Gasteiger partial charge in [0.25, 0.3) is 0 Å². The highest BCUT2D eigenvalue weighted by Crippen LogP contribution is 2.67. The number of aliphatic hydroxyl groups excluding tert-OH is 2. The van der Waals surface area contributed by atoms with Crippen LogP contribution in [0.4, 0.5) is 0 Å². The Morgan fingerprint density at radius 3 is 0.759 bits per heavy atom. The molecule has 0 saturated heterocycles. The molecule has 2 heteroatoms. The molecule has 5 aliphatic rings. The third-order valence-corrected chi connectivity index (χ3v) is 14.9. The van der Waals surface area contributed by atoms with Crippen molar-refractivity contribution < 1.29 is 10.2 Å². The van der Waals surface area contributed by atoms with Gasteiger partial charge in [0, 0.05) is 0 Å². The minimum atomic E-state index is -1.14. The van der Waals surface area contributed by atoms with Crippen LogP contribution in [-0.4, -0.2) is 22.4 Å². The van der Waals surface area contributed by atoms with E-state index in [2.05, 4.69) is 170 Å². The second-order valence-electron chi connectivity index (χ2n) is 17.2. The zero-order chi connectivity index (χ0) is 38.3. The van der Waals surface area contributed by atoms with Crippen molar-refractivity contribution in [1.29, 1.82) is 0 Å². The molecule has 0 aromatic heterocycles. The average molecular weight is 745 g/mol. The summed E-state index contributed by atoms with van der Waals surface area (Å²) in [7, 11) is 0. The molecule has 1 saturated carbocycles. The molecule has 1 fully saturated rings. The quantitative estimate of drug-likeness (QED) is 0.188. The highest BCUT2D eigenvalue weighted by Gasteiger charge is 2.75. The molecule has 0 amide bonds. The number of hydrogen-bond acceptors (Lipinski definition) is 2. The average Bonchev–Trinajstić information content (AvgIpc) is 4.05. The van der Waals surface area contributed by atoms with Crippen LogP contribution in [-0.2, 0) is 36.5 Å². The molecule has 276 valence electrons. The van der Waals surface area contributed by atoms with Gasteiger partial charge >= 0.3 is 0 Å². The Morgan fingerprint density at radius 1 is 0.276 bits per heavy atom. The van der Waals surface area contributed by atoms with Gasteiger partial charge in [-0.1, -0.05) is 170 Å². The Labute approximate surface area is 338 Å². The molecule has 5 aliphatic carbocycles. The fourth-order valence-corrected chi connectivity index (χ4v) is 12.6. The van der Waals surface area contributed by atoms with E-state index in [0.717, 1.165) is 47.9 Å². The van der Waals surface area contributed by atoms with Crippen LogP contribution in [0.5, 0.6) is 0 Å². The van der Waals surface area contributed by atoms with Crippen molar-refractivity contribution in [3.8, 4) is 44.5 Å². The summed E-state index contributed by atoms with van der Waals surface area (Å²) in [5, 5.41) is 28.6. The third-order valence-electron chi connectivity index (χ3n) is 14.9. The van der Waals surface area contributed by atoms with Gasteiger partial charge in [-0.05, 0) is 137 Å². The van der Waals surface area contributed by atoms with Crippen molar-refractivity contribution >= 4 is 0 Å². The number of aliphatic hydroxyl groups is 2. The summed E-state index contributed by atoms with van der Waals surface area (Å²) in [4.78, 5) is 0. The minimum absolute atomic E-state index is 0.761. The SMILES string of the molecule is OC1C(c2cccc3c2Cc2ccccc2-3)(c2cccc3c2Cc2ccccc2-3)C(O)C1(c1cccc2c1Cc1ccccc1-2)c1cccc2c1Cc1ccccc1-2. The van der Waals surface area contributed by atoms with E-state index in [9.17, 15) is 10.2 Å². The second-order valence-corrected chi connectivity index (χ2v) is 17.2. The summed E-state index contributed by atoms with van der Waals surface area (Å²) in [5.74, 6) is 0. The molecule has 0 unspecified atom stereocenters. The van der Waals surface area contributed by atoms with Gasteiger partial charge in [0.1, 0.15) is 0 Å². The summed E-state index contributed by atoms with van der Waals surface area (Å²) in [6.07, 6.45) is 1.03. The fourth-order valence-electron chi connectivity index (χ4n) is 12.6. The van der Waals surface area contributed by atoms with Gasteiger partial charge < -0.3 is 10.2 Å². The van der Waals surface area contributed by atoms with Gasteiger partial charge in [0.15, 0.2) is 0 Å². The summed E-state index contributed by atoms with van der Waals surface area (Å²) in [5.41, 5.74) is 21.6. The molecule has 0 bridgehead atoms. The summed E-state index contributed by atoms with van der Waals surface area (Å²) < 4.78 is 0. The molecule has 2 nitrogen and oxygen atoms in total. The van der Waals surface area contributed by atoms with Crippen molar-refractivity contribution in [1.82, 2.24) is 0 Å². The smallest absolute Gasteiger partial charge is 0.0866 e. The van der Waals surface area contributed by atoms with Crippen LogP contribution in [0.15, 0.2) is 170 Å². The second kappa shape index (κ2) is 11.6. The first-order valence-electron chi connectivity index (χ1n) is 20.8. The molecule has 0 atom stereocenters. The lowest BCUT2D eigenvalue weighted by molar-refractivity contribution is -0.162. The van der Waals surface area contributed by atoms with E-state index < -0.39 is 23.0 Å². The highest BCUT2D eigenvalue weighted by atomic mass is 16.3. The van der Waals surface area contributed by atoms with Crippen LogP contribution >= 0.6 is 0 Å². The van der Waals surface area contributed by atoms with E-state index in [-0.39, 0.29) is 0 Å². The predicted octanol–water partition coefficient (Wildman–Crippen LogP) is 11.0. The predicted molar refractivity (Wildman–Crippen MR) is 232 cm³/mol. The van der Waals surface area contributed by atoms with Crippen molar-refractivity contribution in [2.24, 2.45) is 0 Å². The first-order valence-corrected chi connectivity index (χ1v) is 20.8. The number of fused-ring (bicyclic) bond motifs is 12. The zero-order valence-electron chi connectivity index (χ0n) is 32.0. The molecule has 0 spiro atoms. The zero-order valence-corrected chi connectivity index (χ0v) is 32.0. The topological polar surface area (TPSA) is 40.5 Å². The minimum Gasteiger partial charge on any atom is -0.390 e. The van der Waals surface area contributed by atoms with Gasteiger partial charge in [-0.25, -0.2) is 0 Å². The highest BCUT2D eigenvalue weighted by molar-refractivity contribution is 5.86. The molecule has 13 rings (SSSR count). The van der Waals surface area contributed by atoms with Gasteiger partial charge in [-0.15, -0.1) is 0 Å². The van der Waals surface area contributed by atoms with Gasteiger partial charge in [-0.3, -0.25) is 0 Å². The molecular formula is C56H40O2. The summed E-state index contributed by atoms with van der Waals surface area (Å²) in [6.45, 7) is 0. The molecule has 8 aromatic rings. The molecular weight excluding hydrogens is 705 g/mol. The van der Waals surface area contributed by atoms with Crippen molar-refractivity contribution in [3.05, 3.63) is 237 Å². The van der Waals surface area contributed by atoms with Crippen LogP contribution in [0.2, 0.25) is 0 Å². The van der Waals surface area contributed by atoms with Gasteiger partial charge in [0.2, 0.25) is 0 Å². The van der Waals surface area contributed by atoms with E-state index in [0.29, 0.717) is 0 Å². The Bertz CT molecular complexity index is 2660. The number of benzene rings is 8. The van der Waals surface area contributed by atoms with Crippen LogP contribution in [0.1, 0.15) is 66.8 Å². The maximum Gasteiger partial charge on any atom is 0.0866 e. The van der Waals surface area contributed by atoms with E-state index in [1.165, 1.54) is 89.0 Å². The standard InChI is InChI=1S/C56H40O2/c57-53-55(49-25-9-21-41-37-17-5-1-13-33(37)29-45(41)49,50-26-10-22-42-38-18-6-2-14-34(38)30-46(42)50)54(58)56(53,51-27-11-23-43-39-19-7-3-15-35(39)31-47(43)51)52-28-12-24-44-40-20-8-4-16-36(40)32-48(44)52/h1-28,53-54,57-58H,29-32H2. The monoisotopic (exact) mass is 744 g/mol. The number of hydrogen-bond donors (Lipinski definition) is 2. The molecule has 0 aliphatic heterocycles. The van der Waals surface area contributed by atoms with E-state index in [1.54, 1.807) is 0 Å². The van der Waals surface area contributed by atoms with Gasteiger partial charge in [-0.2, -0.15) is 0 Å². The van der Waals surface area contributed by atoms with Crippen LogP contribution in [0.25, 0.3) is 44.5 Å². The lowest BCUT2D eigenvalue weighted by Gasteiger charge is -2.66. The molecule has 2 N–H and O–H groups in total. The number of rotatable bonds is 4. The van der Waals surface area contributed by atoms with Crippen LogP contribution < -0.4 is 0 Å². The van der Waals surface area contributed by atoms with Crippen LogP contribution in [0, 0.1) is 0 Å². The molecule has 8 aromatic carbocycles. The lowest BCUT2D eigenvalue weighted by atomic mass is 9.39. The first kappa shape index (κ1) is 32.7.